The van der Waals surface area contributed by atoms with Gasteiger partial charge < -0.3 is 4.74 Å². The molecule has 3 nitrogen and oxygen atoms in total. The predicted molar refractivity (Wildman–Crippen MR) is 117 cm³/mol. The van der Waals surface area contributed by atoms with Crippen molar-refractivity contribution in [2.45, 2.75) is 45.4 Å². The van der Waals surface area contributed by atoms with E-state index >= 15 is 0 Å². The van der Waals surface area contributed by atoms with Gasteiger partial charge in [-0.15, -0.1) is 0 Å². The molecule has 3 aromatic carbocycles. The van der Waals surface area contributed by atoms with E-state index in [0.717, 1.165) is 23.4 Å². The fourth-order valence-corrected chi connectivity index (χ4v) is 4.22. The third-order valence-electron chi connectivity index (χ3n) is 5.97. The number of rotatable bonds is 3. The number of hydrogen-bond acceptors (Lipinski definition) is 3. The van der Waals surface area contributed by atoms with Gasteiger partial charge in [-0.05, 0) is 30.0 Å². The lowest BCUT2D eigenvalue weighted by molar-refractivity contribution is -0.0190. The summed E-state index contributed by atoms with van der Waals surface area (Å²) >= 11 is 0. The third kappa shape index (κ3) is 3.21. The highest BCUT2D eigenvalue weighted by molar-refractivity contribution is 6.02. The number of ether oxygens (including phenoxy) is 1. The molecule has 146 valence electrons. The van der Waals surface area contributed by atoms with Crippen LogP contribution in [0.4, 0.5) is 0 Å². The first kappa shape index (κ1) is 18.0. The molecule has 0 aromatic heterocycles. The number of hydrogen-bond donors (Lipinski definition) is 0. The summed E-state index contributed by atoms with van der Waals surface area (Å²) in [7, 11) is 0. The molecule has 2 aliphatic heterocycles. The number of fused-ring (bicyclic) bond motifs is 3. The van der Waals surface area contributed by atoms with Crippen LogP contribution < -0.4 is 4.74 Å². The van der Waals surface area contributed by atoms with Crippen LogP contribution >= 0.6 is 0 Å². The lowest BCUT2D eigenvalue weighted by Crippen LogP contribution is -2.33. The Kier molecular flexibility index (Phi) is 4.39. The largest absolute Gasteiger partial charge is 0.464 e. The molecule has 3 heteroatoms. The fourth-order valence-electron chi connectivity index (χ4n) is 4.22. The Morgan fingerprint density at radius 2 is 1.66 bits per heavy atom. The van der Waals surface area contributed by atoms with Crippen LogP contribution in [0.15, 0.2) is 77.9 Å². The monoisotopic (exact) mass is 382 g/mol. The van der Waals surface area contributed by atoms with Crippen LogP contribution in [0.25, 0.3) is 0 Å². The van der Waals surface area contributed by atoms with Crippen LogP contribution in [0.2, 0.25) is 0 Å². The van der Waals surface area contributed by atoms with Crippen molar-refractivity contribution in [3.05, 3.63) is 101 Å². The molecule has 29 heavy (non-hydrogen) atoms. The van der Waals surface area contributed by atoms with E-state index in [1.54, 1.807) is 0 Å². The molecule has 0 amide bonds. The lowest BCUT2D eigenvalue weighted by atomic mass is 9.95. The molecule has 0 saturated carbocycles. The van der Waals surface area contributed by atoms with Gasteiger partial charge in [-0.1, -0.05) is 86.1 Å². The van der Waals surface area contributed by atoms with Crippen molar-refractivity contribution < 1.29 is 4.74 Å². The Labute approximate surface area is 172 Å². The van der Waals surface area contributed by atoms with Crippen molar-refractivity contribution in [1.29, 1.82) is 0 Å². The van der Waals surface area contributed by atoms with Crippen molar-refractivity contribution in [2.24, 2.45) is 5.10 Å². The Hall–Kier alpha value is -3.07. The zero-order chi connectivity index (χ0) is 20.0. The first-order chi connectivity index (χ1) is 14.1. The quantitative estimate of drug-likeness (QED) is 0.526. The summed E-state index contributed by atoms with van der Waals surface area (Å²) < 4.78 is 6.45. The highest BCUT2D eigenvalue weighted by atomic mass is 16.5. The van der Waals surface area contributed by atoms with Crippen LogP contribution in [-0.2, 0) is 0 Å². The van der Waals surface area contributed by atoms with Crippen LogP contribution in [0.1, 0.15) is 66.3 Å². The Bertz CT molecular complexity index is 1050. The standard InChI is InChI=1S/C26H26N2O/c1-17(2)19-12-14-21(15-13-19)26-28-24(22-6-4-5-7-25(22)29-26)16-23(27-28)20-10-8-18(3)9-11-20/h4-15,17,24,26H,16H2,1-3H3/t24-,26-/m1/s1. The molecule has 0 bridgehead atoms. The highest BCUT2D eigenvalue weighted by Crippen LogP contribution is 2.47. The molecule has 2 aliphatic rings. The summed E-state index contributed by atoms with van der Waals surface area (Å²) in [5.41, 5.74) is 7.28. The second kappa shape index (κ2) is 7.07. The molecule has 0 aliphatic carbocycles. The molecule has 0 unspecified atom stereocenters. The Morgan fingerprint density at radius 3 is 2.38 bits per heavy atom. The van der Waals surface area contributed by atoms with E-state index < -0.39 is 0 Å². The SMILES string of the molecule is Cc1ccc(C2=NN3[C@H](C2)c2ccccc2O[C@@H]3c2ccc(C(C)C)cc2)cc1. The van der Waals surface area contributed by atoms with Gasteiger partial charge in [0.1, 0.15) is 5.75 Å². The lowest BCUT2D eigenvalue weighted by Gasteiger charge is -2.38. The first-order valence-corrected chi connectivity index (χ1v) is 10.4. The predicted octanol–water partition coefficient (Wildman–Crippen LogP) is 6.36. The maximum atomic E-state index is 6.45. The second-order valence-electron chi connectivity index (χ2n) is 8.34. The van der Waals surface area contributed by atoms with Crippen molar-refractivity contribution >= 4 is 5.71 Å². The Morgan fingerprint density at radius 1 is 0.931 bits per heavy atom. The topological polar surface area (TPSA) is 24.8 Å². The summed E-state index contributed by atoms with van der Waals surface area (Å²) in [5.74, 6) is 1.48. The number of para-hydroxylation sites is 1. The van der Waals surface area contributed by atoms with E-state index in [9.17, 15) is 0 Å². The van der Waals surface area contributed by atoms with Crippen molar-refractivity contribution in [2.75, 3.05) is 0 Å². The average Bonchev–Trinajstić information content (AvgIpc) is 3.19. The maximum Gasteiger partial charge on any atom is 0.213 e. The molecule has 0 radical (unpaired) electrons. The van der Waals surface area contributed by atoms with Crippen molar-refractivity contribution in [1.82, 2.24) is 5.01 Å². The van der Waals surface area contributed by atoms with E-state index in [0.29, 0.717) is 5.92 Å². The normalized spacial score (nSPS) is 20.1. The minimum Gasteiger partial charge on any atom is -0.464 e. The van der Waals surface area contributed by atoms with E-state index in [1.165, 1.54) is 22.3 Å². The van der Waals surface area contributed by atoms with Gasteiger partial charge in [0, 0.05) is 17.5 Å². The maximum absolute atomic E-state index is 6.45. The second-order valence-corrected chi connectivity index (χ2v) is 8.34. The van der Waals surface area contributed by atoms with E-state index in [2.05, 4.69) is 92.5 Å². The van der Waals surface area contributed by atoms with Crippen molar-refractivity contribution in [3.8, 4) is 5.75 Å². The minimum absolute atomic E-state index is 0.200. The Balaban J connectivity index is 1.55. The van der Waals surface area contributed by atoms with Crippen LogP contribution in [0, 0.1) is 6.92 Å². The summed E-state index contributed by atoms with van der Waals surface area (Å²) in [6.45, 7) is 6.55. The summed E-state index contributed by atoms with van der Waals surface area (Å²) in [6, 6.07) is 26.0. The van der Waals surface area contributed by atoms with E-state index in [-0.39, 0.29) is 12.3 Å². The number of nitrogens with zero attached hydrogens (tertiary/aromatic N) is 2. The van der Waals surface area contributed by atoms with Gasteiger partial charge >= 0.3 is 0 Å². The van der Waals surface area contributed by atoms with E-state index in [1.807, 2.05) is 6.07 Å². The number of benzene rings is 3. The van der Waals surface area contributed by atoms with Crippen LogP contribution in [0.5, 0.6) is 5.75 Å². The van der Waals surface area contributed by atoms with Crippen LogP contribution in [0.3, 0.4) is 0 Å². The number of aryl methyl sites for hydroxylation is 1. The van der Waals surface area contributed by atoms with Gasteiger partial charge in [-0.25, -0.2) is 5.01 Å². The van der Waals surface area contributed by atoms with Gasteiger partial charge in [0.2, 0.25) is 6.23 Å². The molecule has 0 N–H and O–H groups in total. The van der Waals surface area contributed by atoms with Gasteiger partial charge in [-0.2, -0.15) is 5.10 Å². The molecular weight excluding hydrogens is 356 g/mol. The van der Waals surface area contributed by atoms with Crippen molar-refractivity contribution in [3.63, 3.8) is 0 Å². The zero-order valence-electron chi connectivity index (χ0n) is 17.2. The smallest absolute Gasteiger partial charge is 0.213 e. The summed E-state index contributed by atoms with van der Waals surface area (Å²) in [4.78, 5) is 0. The molecular formula is C26H26N2O. The molecule has 0 saturated heterocycles. The molecule has 2 atom stereocenters. The van der Waals surface area contributed by atoms with Gasteiger partial charge in [0.05, 0.1) is 11.8 Å². The molecule has 3 aromatic rings. The fraction of sp³-hybridized carbons (Fsp3) is 0.269. The highest BCUT2D eigenvalue weighted by Gasteiger charge is 2.40. The van der Waals surface area contributed by atoms with Crippen LogP contribution in [-0.4, -0.2) is 10.7 Å². The average molecular weight is 383 g/mol. The van der Waals surface area contributed by atoms with Gasteiger partial charge in [0.15, 0.2) is 0 Å². The minimum atomic E-state index is -0.209. The summed E-state index contributed by atoms with van der Waals surface area (Å²) in [6.07, 6.45) is 0.684. The van der Waals surface area contributed by atoms with Gasteiger partial charge in [0.25, 0.3) is 0 Å². The zero-order valence-corrected chi connectivity index (χ0v) is 17.2. The first-order valence-electron chi connectivity index (χ1n) is 10.4. The molecule has 2 heterocycles. The number of hydrazone groups is 1. The van der Waals surface area contributed by atoms with Gasteiger partial charge in [-0.3, -0.25) is 0 Å². The molecule has 0 fully saturated rings. The third-order valence-corrected chi connectivity index (χ3v) is 5.97. The molecule has 0 spiro atoms. The summed E-state index contributed by atoms with van der Waals surface area (Å²) in [5, 5.41) is 7.20. The molecule has 5 rings (SSSR count). The van der Waals surface area contributed by atoms with E-state index in [4.69, 9.17) is 9.84 Å².